The van der Waals surface area contributed by atoms with E-state index in [-0.39, 0.29) is 17.7 Å². The second-order valence-corrected chi connectivity index (χ2v) is 8.07. The number of aromatic nitrogens is 3. The van der Waals surface area contributed by atoms with Gasteiger partial charge in [-0.05, 0) is 43.0 Å². The lowest BCUT2D eigenvalue weighted by Crippen LogP contribution is -2.37. The lowest BCUT2D eigenvalue weighted by molar-refractivity contribution is 0.149. The van der Waals surface area contributed by atoms with E-state index in [0.717, 1.165) is 36.4 Å². The van der Waals surface area contributed by atoms with E-state index in [0.29, 0.717) is 16.7 Å². The summed E-state index contributed by atoms with van der Waals surface area (Å²) < 4.78 is 15.4. The Morgan fingerprint density at radius 2 is 2.27 bits per heavy atom. The van der Waals surface area contributed by atoms with Gasteiger partial charge in [-0.15, -0.1) is 5.10 Å². The number of rotatable bonds is 4. The largest absolute Gasteiger partial charge is 0.492 e. The number of fused-ring (bicyclic) bond motifs is 1. The molecule has 2 unspecified atom stereocenters. The van der Waals surface area contributed by atoms with Crippen molar-refractivity contribution in [2.75, 3.05) is 13.1 Å². The number of piperidine rings is 1. The number of aryl methyl sites for hydroxylation is 1. The quantitative estimate of drug-likeness (QED) is 0.749. The Kier molecular flexibility index (Phi) is 4.67. The highest BCUT2D eigenvalue weighted by molar-refractivity contribution is 7.17. The number of hydrogen-bond donors (Lipinski definition) is 1. The summed E-state index contributed by atoms with van der Waals surface area (Å²) in [4.78, 5) is 8.29. The van der Waals surface area contributed by atoms with Crippen molar-refractivity contribution in [1.82, 2.24) is 19.5 Å². The molecule has 1 aromatic carbocycles. The summed E-state index contributed by atoms with van der Waals surface area (Å²) in [5, 5.41) is 15.2. The van der Waals surface area contributed by atoms with Crippen LogP contribution >= 0.6 is 11.3 Å². The maximum Gasteiger partial charge on any atom is 0.230 e. The van der Waals surface area contributed by atoms with Gasteiger partial charge in [0, 0.05) is 13.0 Å². The molecule has 1 fully saturated rings. The van der Waals surface area contributed by atoms with Gasteiger partial charge in [0.05, 0.1) is 10.9 Å². The van der Waals surface area contributed by atoms with Crippen molar-refractivity contribution in [3.63, 3.8) is 0 Å². The normalized spacial score (nSPS) is 19.9. The number of likely N-dealkylation sites (tertiary alicyclic amines) is 1. The van der Waals surface area contributed by atoms with E-state index in [2.05, 4.69) is 21.9 Å². The number of hydrogen-bond acceptors (Lipinski definition) is 5. The molecule has 2 atom stereocenters. The maximum absolute atomic E-state index is 13.9. The molecule has 1 aliphatic rings. The van der Waals surface area contributed by atoms with Gasteiger partial charge >= 0.3 is 0 Å². The molecule has 26 heavy (non-hydrogen) atoms. The molecule has 138 valence electrons. The van der Waals surface area contributed by atoms with Gasteiger partial charge in [-0.2, -0.15) is 4.52 Å². The van der Waals surface area contributed by atoms with Crippen LogP contribution in [0.5, 0.6) is 5.88 Å². The summed E-state index contributed by atoms with van der Waals surface area (Å²) in [7, 11) is 0. The molecule has 0 bridgehead atoms. The van der Waals surface area contributed by atoms with E-state index in [1.54, 1.807) is 12.1 Å². The molecule has 0 aliphatic carbocycles. The Balaban J connectivity index is 1.82. The molecule has 7 heteroatoms. The first-order valence-corrected chi connectivity index (χ1v) is 9.95. The van der Waals surface area contributed by atoms with E-state index in [1.165, 1.54) is 28.3 Å². The van der Waals surface area contributed by atoms with Gasteiger partial charge < -0.3 is 5.11 Å². The molecule has 0 spiro atoms. The monoisotopic (exact) mass is 374 g/mol. The van der Waals surface area contributed by atoms with Crippen LogP contribution in [0.1, 0.15) is 49.0 Å². The third-order valence-corrected chi connectivity index (χ3v) is 6.10. The standard InChI is InChI=1S/C19H23FN4OS/c1-3-15-21-19-24(22-15)18(25)17(26-19)16(13-7-4-8-14(20)10-13)23-9-5-6-12(2)11-23/h4,7-8,10,12,16,25H,3,5-6,9,11H2,1-2H3. The average molecular weight is 374 g/mol. The SMILES string of the molecule is CCc1nc2sc(C(c3cccc(F)c3)N3CCCC(C)C3)c(O)n2n1. The van der Waals surface area contributed by atoms with E-state index < -0.39 is 0 Å². The summed E-state index contributed by atoms with van der Waals surface area (Å²) in [6, 6.07) is 6.49. The molecule has 5 nitrogen and oxygen atoms in total. The fourth-order valence-electron chi connectivity index (χ4n) is 3.78. The van der Waals surface area contributed by atoms with Crippen molar-refractivity contribution in [3.8, 4) is 5.88 Å². The number of halogens is 1. The molecular weight excluding hydrogens is 351 g/mol. The number of benzene rings is 1. The smallest absolute Gasteiger partial charge is 0.230 e. The summed E-state index contributed by atoms with van der Waals surface area (Å²) in [6.07, 6.45) is 3.03. The second kappa shape index (κ2) is 6.96. The minimum Gasteiger partial charge on any atom is -0.492 e. The molecule has 1 aliphatic heterocycles. The van der Waals surface area contributed by atoms with Gasteiger partial charge in [-0.1, -0.05) is 37.3 Å². The molecule has 0 radical (unpaired) electrons. The third-order valence-electron chi connectivity index (χ3n) is 5.03. The van der Waals surface area contributed by atoms with Crippen molar-refractivity contribution in [3.05, 3.63) is 46.3 Å². The molecule has 2 aromatic heterocycles. The lowest BCUT2D eigenvalue weighted by atomic mass is 9.95. The molecule has 0 saturated carbocycles. The van der Waals surface area contributed by atoms with Gasteiger partial charge in [0.2, 0.25) is 10.8 Å². The molecular formula is C19H23FN4OS. The Bertz CT molecular complexity index is 922. The minimum atomic E-state index is -0.259. The van der Waals surface area contributed by atoms with Crippen LogP contribution in [0, 0.1) is 11.7 Å². The third kappa shape index (κ3) is 3.10. The average Bonchev–Trinajstić information content (AvgIpc) is 3.15. The second-order valence-electron chi connectivity index (χ2n) is 7.07. The zero-order chi connectivity index (χ0) is 18.3. The Morgan fingerprint density at radius 1 is 1.42 bits per heavy atom. The minimum absolute atomic E-state index is 0.115. The van der Waals surface area contributed by atoms with Gasteiger partial charge in [-0.3, -0.25) is 4.90 Å². The van der Waals surface area contributed by atoms with Gasteiger partial charge in [0.25, 0.3) is 0 Å². The summed E-state index contributed by atoms with van der Waals surface area (Å²) in [5.41, 5.74) is 0.856. The van der Waals surface area contributed by atoms with Crippen LogP contribution in [-0.2, 0) is 6.42 Å². The summed E-state index contributed by atoms with van der Waals surface area (Å²) in [6.45, 7) is 6.08. The molecule has 3 aromatic rings. The fraction of sp³-hybridized carbons (Fsp3) is 0.474. The summed E-state index contributed by atoms with van der Waals surface area (Å²) >= 11 is 1.44. The first kappa shape index (κ1) is 17.4. The zero-order valence-corrected chi connectivity index (χ0v) is 15.8. The van der Waals surface area contributed by atoms with Crippen LogP contribution in [-0.4, -0.2) is 37.7 Å². The predicted octanol–water partition coefficient (Wildman–Crippen LogP) is 4.02. The van der Waals surface area contributed by atoms with E-state index in [1.807, 2.05) is 13.0 Å². The Hall–Kier alpha value is -1.99. The van der Waals surface area contributed by atoms with Crippen molar-refractivity contribution >= 4 is 16.3 Å². The van der Waals surface area contributed by atoms with E-state index >= 15 is 0 Å². The van der Waals surface area contributed by atoms with Crippen LogP contribution in [0.2, 0.25) is 0 Å². The topological polar surface area (TPSA) is 53.7 Å². The Labute approximate surface area is 156 Å². The van der Waals surface area contributed by atoms with Gasteiger partial charge in [0.1, 0.15) is 5.82 Å². The lowest BCUT2D eigenvalue weighted by Gasteiger charge is -2.37. The predicted molar refractivity (Wildman–Crippen MR) is 100 cm³/mol. The molecule has 1 saturated heterocycles. The highest BCUT2D eigenvalue weighted by Crippen LogP contribution is 2.41. The van der Waals surface area contributed by atoms with Crippen LogP contribution in [0.15, 0.2) is 24.3 Å². The summed E-state index contributed by atoms with van der Waals surface area (Å²) in [5.74, 6) is 1.15. The zero-order valence-electron chi connectivity index (χ0n) is 15.0. The van der Waals surface area contributed by atoms with Crippen LogP contribution < -0.4 is 0 Å². The van der Waals surface area contributed by atoms with Gasteiger partial charge in [0.15, 0.2) is 5.82 Å². The van der Waals surface area contributed by atoms with E-state index in [9.17, 15) is 9.50 Å². The van der Waals surface area contributed by atoms with Crippen LogP contribution in [0.4, 0.5) is 4.39 Å². The number of aromatic hydroxyl groups is 1. The fourth-order valence-corrected chi connectivity index (χ4v) is 4.92. The van der Waals surface area contributed by atoms with Crippen LogP contribution in [0.25, 0.3) is 4.96 Å². The highest BCUT2D eigenvalue weighted by atomic mass is 32.1. The van der Waals surface area contributed by atoms with Crippen LogP contribution in [0.3, 0.4) is 0 Å². The number of nitrogens with zero attached hydrogens (tertiary/aromatic N) is 4. The van der Waals surface area contributed by atoms with Gasteiger partial charge in [-0.25, -0.2) is 9.37 Å². The molecule has 1 N–H and O–H groups in total. The first-order chi connectivity index (χ1) is 12.6. The number of thiazole rings is 1. The molecule has 4 rings (SSSR count). The Morgan fingerprint density at radius 3 is 2.96 bits per heavy atom. The maximum atomic E-state index is 13.9. The highest BCUT2D eigenvalue weighted by Gasteiger charge is 2.32. The van der Waals surface area contributed by atoms with Crippen molar-refractivity contribution < 1.29 is 9.50 Å². The molecule has 0 amide bonds. The van der Waals surface area contributed by atoms with Crippen molar-refractivity contribution in [1.29, 1.82) is 0 Å². The first-order valence-electron chi connectivity index (χ1n) is 9.13. The van der Waals surface area contributed by atoms with Crippen molar-refractivity contribution in [2.24, 2.45) is 5.92 Å². The van der Waals surface area contributed by atoms with E-state index in [4.69, 9.17) is 0 Å². The van der Waals surface area contributed by atoms with Crippen molar-refractivity contribution in [2.45, 2.75) is 39.2 Å². The molecule has 3 heterocycles.